The van der Waals surface area contributed by atoms with Gasteiger partial charge in [0.25, 0.3) is 5.91 Å². The van der Waals surface area contributed by atoms with Crippen molar-refractivity contribution >= 4 is 17.7 Å². The fourth-order valence-corrected chi connectivity index (χ4v) is 3.32. The summed E-state index contributed by atoms with van der Waals surface area (Å²) < 4.78 is 32.6. The van der Waals surface area contributed by atoms with E-state index in [1.165, 1.54) is 6.92 Å². The Kier molecular flexibility index (Phi) is 8.13. The molecule has 2 aromatic carbocycles. The molecule has 3 rings (SSSR count). The number of pyridine rings is 1. The Balaban J connectivity index is 1.58. The van der Waals surface area contributed by atoms with Gasteiger partial charge in [0.1, 0.15) is 17.6 Å². The first kappa shape index (κ1) is 24.6. The number of nitrogens with one attached hydrogen (secondary N) is 2. The van der Waals surface area contributed by atoms with Crippen molar-refractivity contribution < 1.29 is 28.2 Å². The maximum atomic E-state index is 13.5. The largest absolute Gasteiger partial charge is 0.493 e. The Morgan fingerprint density at radius 3 is 2.47 bits per heavy atom. The third-order valence-corrected chi connectivity index (χ3v) is 5.17. The van der Waals surface area contributed by atoms with Gasteiger partial charge < -0.3 is 20.5 Å². The SMILES string of the molecule is CNc1cccc(CCOc2ccc(C[C@H](NC(=O)c3cc(F)c(F)cc3C)C(=O)O)cc2)n1. The van der Waals surface area contributed by atoms with Crippen molar-refractivity contribution in [3.8, 4) is 5.75 Å². The predicted molar refractivity (Wildman–Crippen MR) is 123 cm³/mol. The molecular weight excluding hydrogens is 444 g/mol. The number of hydrogen-bond donors (Lipinski definition) is 3. The number of carboxylic acids is 1. The number of amides is 1. The number of anilines is 1. The smallest absolute Gasteiger partial charge is 0.326 e. The third-order valence-electron chi connectivity index (χ3n) is 5.17. The minimum Gasteiger partial charge on any atom is -0.493 e. The molecule has 0 aliphatic rings. The van der Waals surface area contributed by atoms with Gasteiger partial charge in [0, 0.05) is 31.1 Å². The van der Waals surface area contributed by atoms with Crippen LogP contribution >= 0.6 is 0 Å². The van der Waals surface area contributed by atoms with Crippen LogP contribution in [0.4, 0.5) is 14.6 Å². The topological polar surface area (TPSA) is 101 Å². The Morgan fingerprint density at radius 2 is 1.79 bits per heavy atom. The molecule has 1 atom stereocenters. The maximum absolute atomic E-state index is 13.5. The summed E-state index contributed by atoms with van der Waals surface area (Å²) in [7, 11) is 1.80. The van der Waals surface area contributed by atoms with Gasteiger partial charge in [0.15, 0.2) is 11.6 Å². The highest BCUT2D eigenvalue weighted by Crippen LogP contribution is 2.17. The number of ether oxygens (including phenoxy) is 1. The standard InChI is InChI=1S/C25H25F2N3O4/c1-15-12-20(26)21(27)14-19(15)24(31)30-22(25(32)33)13-16-6-8-18(9-7-16)34-11-10-17-4-3-5-23(28-2)29-17/h3-9,12,14,22H,10-11,13H2,1-2H3,(H,28,29)(H,30,31)(H,32,33)/t22-/m0/s1. The van der Waals surface area contributed by atoms with Crippen LogP contribution in [0, 0.1) is 18.6 Å². The molecular formula is C25H25F2N3O4. The maximum Gasteiger partial charge on any atom is 0.326 e. The van der Waals surface area contributed by atoms with Crippen molar-refractivity contribution in [1.29, 1.82) is 0 Å². The summed E-state index contributed by atoms with van der Waals surface area (Å²) in [5.41, 5.74) is 1.63. The van der Waals surface area contributed by atoms with Crippen molar-refractivity contribution in [2.75, 3.05) is 19.0 Å². The number of halogens is 2. The van der Waals surface area contributed by atoms with Gasteiger partial charge in [0.05, 0.1) is 6.61 Å². The van der Waals surface area contributed by atoms with Crippen LogP contribution in [0.5, 0.6) is 5.75 Å². The van der Waals surface area contributed by atoms with Gasteiger partial charge in [-0.05, 0) is 54.4 Å². The van der Waals surface area contributed by atoms with Crippen LogP contribution in [0.2, 0.25) is 0 Å². The van der Waals surface area contributed by atoms with Gasteiger partial charge in [-0.2, -0.15) is 0 Å². The van der Waals surface area contributed by atoms with Crippen molar-refractivity contribution in [2.45, 2.75) is 25.8 Å². The number of benzene rings is 2. The van der Waals surface area contributed by atoms with E-state index < -0.39 is 29.6 Å². The minimum atomic E-state index is -1.25. The molecule has 9 heteroatoms. The van der Waals surface area contributed by atoms with Crippen LogP contribution in [-0.2, 0) is 17.6 Å². The van der Waals surface area contributed by atoms with E-state index in [2.05, 4.69) is 15.6 Å². The lowest BCUT2D eigenvalue weighted by molar-refractivity contribution is -0.139. The molecule has 0 aliphatic heterocycles. The summed E-state index contributed by atoms with van der Waals surface area (Å²) in [5, 5.41) is 14.9. The second-order valence-corrected chi connectivity index (χ2v) is 7.66. The average molecular weight is 469 g/mol. The molecule has 3 N–H and O–H groups in total. The highest BCUT2D eigenvalue weighted by atomic mass is 19.2. The molecule has 0 radical (unpaired) electrons. The number of hydrogen-bond acceptors (Lipinski definition) is 5. The number of rotatable bonds is 10. The first-order chi connectivity index (χ1) is 16.3. The normalized spacial score (nSPS) is 11.5. The molecule has 0 saturated carbocycles. The first-order valence-electron chi connectivity index (χ1n) is 10.6. The molecule has 0 fully saturated rings. The van der Waals surface area contributed by atoms with E-state index >= 15 is 0 Å². The second-order valence-electron chi connectivity index (χ2n) is 7.66. The van der Waals surface area contributed by atoms with Gasteiger partial charge in [-0.15, -0.1) is 0 Å². The Hall–Kier alpha value is -4.01. The zero-order valence-corrected chi connectivity index (χ0v) is 18.8. The van der Waals surface area contributed by atoms with E-state index in [9.17, 15) is 23.5 Å². The van der Waals surface area contributed by atoms with Crippen molar-refractivity contribution in [1.82, 2.24) is 10.3 Å². The summed E-state index contributed by atoms with van der Waals surface area (Å²) in [6.45, 7) is 1.86. The van der Waals surface area contributed by atoms with Crippen LogP contribution in [0.25, 0.3) is 0 Å². The molecule has 1 aromatic heterocycles. The summed E-state index contributed by atoms with van der Waals surface area (Å²) in [6, 6.07) is 12.9. The number of nitrogens with zero attached hydrogens (tertiary/aromatic N) is 1. The number of carboxylic acid groups (broad SMARTS) is 1. The first-order valence-corrected chi connectivity index (χ1v) is 10.6. The van der Waals surface area contributed by atoms with Crippen molar-refractivity contribution in [3.63, 3.8) is 0 Å². The number of aliphatic carboxylic acids is 1. The fourth-order valence-electron chi connectivity index (χ4n) is 3.32. The van der Waals surface area contributed by atoms with E-state index in [0.29, 0.717) is 24.3 Å². The molecule has 7 nitrogen and oxygen atoms in total. The summed E-state index contributed by atoms with van der Waals surface area (Å²) >= 11 is 0. The summed E-state index contributed by atoms with van der Waals surface area (Å²) in [6.07, 6.45) is 0.624. The van der Waals surface area contributed by atoms with Crippen LogP contribution in [0.15, 0.2) is 54.6 Å². The zero-order chi connectivity index (χ0) is 24.7. The highest BCUT2D eigenvalue weighted by Gasteiger charge is 2.23. The monoisotopic (exact) mass is 469 g/mol. The Morgan fingerprint density at radius 1 is 1.09 bits per heavy atom. The minimum absolute atomic E-state index is 0.00477. The molecule has 0 unspecified atom stereocenters. The van der Waals surface area contributed by atoms with Crippen LogP contribution < -0.4 is 15.4 Å². The Bertz CT molecular complexity index is 1170. The molecule has 3 aromatic rings. The number of aromatic nitrogens is 1. The van der Waals surface area contributed by atoms with Gasteiger partial charge >= 0.3 is 5.97 Å². The molecule has 0 spiro atoms. The Labute approximate surface area is 195 Å². The van der Waals surface area contributed by atoms with E-state index in [1.54, 1.807) is 31.3 Å². The molecule has 0 saturated heterocycles. The second kappa shape index (κ2) is 11.2. The van der Waals surface area contributed by atoms with Crippen molar-refractivity contribution in [3.05, 3.63) is 88.6 Å². The lowest BCUT2D eigenvalue weighted by Crippen LogP contribution is -2.42. The predicted octanol–water partition coefficient (Wildman–Crippen LogP) is 3.76. The van der Waals surface area contributed by atoms with Crippen LogP contribution in [-0.4, -0.2) is 41.7 Å². The van der Waals surface area contributed by atoms with Gasteiger partial charge in [-0.25, -0.2) is 18.6 Å². The number of carbonyl (C=O) groups excluding carboxylic acids is 1. The molecule has 34 heavy (non-hydrogen) atoms. The quantitative estimate of drug-likeness (QED) is 0.418. The zero-order valence-electron chi connectivity index (χ0n) is 18.8. The van der Waals surface area contributed by atoms with E-state index in [4.69, 9.17) is 4.74 Å². The lowest BCUT2D eigenvalue weighted by atomic mass is 10.0. The van der Waals surface area contributed by atoms with Gasteiger partial charge in [0.2, 0.25) is 0 Å². The summed E-state index contributed by atoms with van der Waals surface area (Å²) in [5.74, 6) is -2.90. The average Bonchev–Trinajstić information content (AvgIpc) is 2.82. The summed E-state index contributed by atoms with van der Waals surface area (Å²) in [4.78, 5) is 28.6. The molecule has 178 valence electrons. The van der Waals surface area contributed by atoms with Crippen LogP contribution in [0.1, 0.15) is 27.2 Å². The molecule has 0 bridgehead atoms. The highest BCUT2D eigenvalue weighted by molar-refractivity contribution is 5.97. The molecule has 1 amide bonds. The number of carbonyl (C=O) groups is 2. The van der Waals surface area contributed by atoms with E-state index in [1.807, 2.05) is 18.2 Å². The van der Waals surface area contributed by atoms with Crippen molar-refractivity contribution in [2.24, 2.45) is 0 Å². The van der Waals surface area contributed by atoms with E-state index in [0.717, 1.165) is 23.6 Å². The fraction of sp³-hybridized carbons (Fsp3) is 0.240. The third kappa shape index (κ3) is 6.50. The van der Waals surface area contributed by atoms with Crippen LogP contribution in [0.3, 0.4) is 0 Å². The number of aryl methyl sites for hydroxylation is 1. The van der Waals surface area contributed by atoms with E-state index in [-0.39, 0.29) is 17.5 Å². The van der Waals surface area contributed by atoms with Gasteiger partial charge in [-0.3, -0.25) is 4.79 Å². The van der Waals surface area contributed by atoms with Gasteiger partial charge in [-0.1, -0.05) is 18.2 Å². The molecule has 0 aliphatic carbocycles. The lowest BCUT2D eigenvalue weighted by Gasteiger charge is -2.16. The molecule has 1 heterocycles.